The van der Waals surface area contributed by atoms with Crippen molar-refractivity contribution < 1.29 is 9.53 Å². The van der Waals surface area contributed by atoms with Crippen molar-refractivity contribution in [2.75, 3.05) is 0 Å². The van der Waals surface area contributed by atoms with Crippen LogP contribution in [0.5, 0.6) is 5.88 Å². The largest absolute Gasteiger partial charge is 0.443 e. The molecule has 0 unspecified atom stereocenters. The Morgan fingerprint density at radius 1 is 1.04 bits per heavy atom. The number of ketones is 1. The van der Waals surface area contributed by atoms with Gasteiger partial charge >= 0.3 is 0 Å². The van der Waals surface area contributed by atoms with E-state index in [9.17, 15) is 4.79 Å². The van der Waals surface area contributed by atoms with Crippen molar-refractivity contribution in [3.05, 3.63) is 94.4 Å². The van der Waals surface area contributed by atoms with E-state index in [0.717, 1.165) is 46.9 Å². The third-order valence-corrected chi connectivity index (χ3v) is 5.64. The number of Topliss-reactive ketones (excluding diaryl/α,β-unsaturated/α-hetero) is 1. The second-order valence-electron chi connectivity index (χ2n) is 7.51. The molecule has 0 bridgehead atoms. The Balaban J connectivity index is 1.67. The summed E-state index contributed by atoms with van der Waals surface area (Å²) in [6.07, 6.45) is 2.25. The Morgan fingerprint density at radius 2 is 1.75 bits per heavy atom. The van der Waals surface area contributed by atoms with Crippen LogP contribution in [-0.4, -0.2) is 15.6 Å². The maximum absolute atomic E-state index is 12.9. The Morgan fingerprint density at radius 3 is 2.50 bits per heavy atom. The average molecular weight is 370 g/mol. The Kier molecular flexibility index (Phi) is 4.12. The van der Waals surface area contributed by atoms with Crippen molar-refractivity contribution in [2.24, 2.45) is 0 Å². The van der Waals surface area contributed by atoms with Crippen LogP contribution in [0.2, 0.25) is 0 Å². The molecule has 0 saturated carbocycles. The summed E-state index contributed by atoms with van der Waals surface area (Å²) in [6.45, 7) is 2.66. The van der Waals surface area contributed by atoms with Gasteiger partial charge in [-0.3, -0.25) is 4.79 Å². The van der Waals surface area contributed by atoms with Gasteiger partial charge < -0.3 is 4.74 Å². The first-order valence-electron chi connectivity index (χ1n) is 9.82. The smallest absolute Gasteiger partial charge is 0.222 e. The van der Waals surface area contributed by atoms with E-state index in [1.807, 2.05) is 48.0 Å². The molecule has 2 aliphatic rings. The lowest BCUT2D eigenvalue weighted by atomic mass is 9.77. The van der Waals surface area contributed by atoms with Crippen molar-refractivity contribution >= 4 is 5.78 Å². The molecule has 28 heavy (non-hydrogen) atoms. The number of allylic oxidation sites excluding steroid dienone is 2. The summed E-state index contributed by atoms with van der Waals surface area (Å²) in [5.41, 5.74) is 5.07. The number of rotatable bonds is 3. The first-order chi connectivity index (χ1) is 13.7. The molecule has 0 spiro atoms. The third-order valence-electron chi connectivity index (χ3n) is 5.64. The number of hydrogen-bond acceptors (Lipinski definition) is 3. The lowest BCUT2D eigenvalue weighted by molar-refractivity contribution is -0.116. The van der Waals surface area contributed by atoms with Crippen molar-refractivity contribution in [3.63, 3.8) is 0 Å². The van der Waals surface area contributed by atoms with E-state index in [-0.39, 0.29) is 11.7 Å². The van der Waals surface area contributed by atoms with Gasteiger partial charge in [-0.25, -0.2) is 4.68 Å². The zero-order valence-corrected chi connectivity index (χ0v) is 15.9. The number of aromatic nitrogens is 2. The predicted octanol–water partition coefficient (Wildman–Crippen LogP) is 4.77. The van der Waals surface area contributed by atoms with Gasteiger partial charge in [-0.05, 0) is 24.5 Å². The molecule has 0 radical (unpaired) electrons. The fourth-order valence-electron chi connectivity index (χ4n) is 4.38. The Hall–Kier alpha value is -3.14. The van der Waals surface area contributed by atoms with Crippen molar-refractivity contribution in [1.82, 2.24) is 9.78 Å². The summed E-state index contributed by atoms with van der Waals surface area (Å²) in [5.74, 6) is 1.71. The quantitative estimate of drug-likeness (QED) is 0.667. The van der Waals surface area contributed by atoms with Crippen LogP contribution in [0.25, 0.3) is 0 Å². The number of ether oxygens (including phenoxy) is 1. The van der Waals surface area contributed by atoms with Gasteiger partial charge in [-0.15, -0.1) is 0 Å². The van der Waals surface area contributed by atoms with Crippen LogP contribution in [0, 0.1) is 6.92 Å². The second kappa shape index (κ2) is 6.79. The highest BCUT2D eigenvalue weighted by Gasteiger charge is 2.40. The van der Waals surface area contributed by atoms with E-state index in [1.54, 1.807) is 0 Å². The standard InChI is InChI=1S/C24H22N2O2/c1-16-21-22(18-11-6-3-7-12-18)23-19(27)13-8-14-20(23)28-24(21)26(25-16)15-17-9-4-2-5-10-17/h2-7,9-12,22H,8,13-15H2,1H3/t22-/m1/s1. The van der Waals surface area contributed by atoms with Crippen LogP contribution < -0.4 is 4.74 Å². The van der Waals surface area contributed by atoms with Crippen LogP contribution in [0.4, 0.5) is 0 Å². The molecular formula is C24H22N2O2. The number of carbonyl (C=O) groups excluding carboxylic acids is 1. The molecule has 2 aromatic carbocycles. The minimum Gasteiger partial charge on any atom is -0.443 e. The van der Waals surface area contributed by atoms with E-state index in [4.69, 9.17) is 9.84 Å². The second-order valence-corrected chi connectivity index (χ2v) is 7.51. The lowest BCUT2D eigenvalue weighted by Gasteiger charge is -2.31. The molecular weight excluding hydrogens is 348 g/mol. The van der Waals surface area contributed by atoms with Gasteiger partial charge in [0.1, 0.15) is 5.76 Å². The van der Waals surface area contributed by atoms with Crippen LogP contribution in [0.3, 0.4) is 0 Å². The number of carbonyl (C=O) groups is 1. The summed E-state index contributed by atoms with van der Waals surface area (Å²) in [7, 11) is 0. The van der Waals surface area contributed by atoms with Gasteiger partial charge in [0.15, 0.2) is 5.78 Å². The molecule has 0 saturated heterocycles. The summed E-state index contributed by atoms with van der Waals surface area (Å²) in [4.78, 5) is 12.9. The zero-order valence-electron chi connectivity index (χ0n) is 15.9. The van der Waals surface area contributed by atoms with E-state index in [2.05, 4.69) is 24.3 Å². The number of nitrogens with zero attached hydrogens (tertiary/aromatic N) is 2. The Labute approximate surface area is 164 Å². The van der Waals surface area contributed by atoms with Gasteiger partial charge in [-0.2, -0.15) is 5.10 Å². The summed E-state index contributed by atoms with van der Waals surface area (Å²) >= 11 is 0. The molecule has 1 aliphatic heterocycles. The molecule has 4 nitrogen and oxygen atoms in total. The van der Waals surface area contributed by atoms with Crippen molar-refractivity contribution in [3.8, 4) is 5.88 Å². The molecule has 0 fully saturated rings. The van der Waals surface area contributed by atoms with E-state index in [1.165, 1.54) is 5.56 Å². The highest BCUT2D eigenvalue weighted by molar-refractivity contribution is 5.99. The van der Waals surface area contributed by atoms with E-state index >= 15 is 0 Å². The summed E-state index contributed by atoms with van der Waals surface area (Å²) in [5, 5.41) is 4.80. The molecule has 0 amide bonds. The fourth-order valence-corrected chi connectivity index (χ4v) is 4.38. The van der Waals surface area contributed by atoms with Crippen molar-refractivity contribution in [2.45, 2.75) is 38.6 Å². The molecule has 2 heterocycles. The van der Waals surface area contributed by atoms with E-state index < -0.39 is 0 Å². The zero-order chi connectivity index (χ0) is 19.1. The number of fused-ring (bicyclic) bond motifs is 1. The highest BCUT2D eigenvalue weighted by Crippen LogP contribution is 2.47. The van der Waals surface area contributed by atoms with Gasteiger partial charge in [0.05, 0.1) is 12.2 Å². The number of aryl methyl sites for hydroxylation is 1. The molecule has 1 atom stereocenters. The lowest BCUT2D eigenvalue weighted by Crippen LogP contribution is -2.26. The third kappa shape index (κ3) is 2.76. The highest BCUT2D eigenvalue weighted by atomic mass is 16.5. The van der Waals surface area contributed by atoms with Crippen LogP contribution in [0.1, 0.15) is 47.6 Å². The van der Waals surface area contributed by atoms with Crippen molar-refractivity contribution in [1.29, 1.82) is 0 Å². The molecule has 0 N–H and O–H groups in total. The predicted molar refractivity (Wildman–Crippen MR) is 107 cm³/mol. The molecule has 5 rings (SSSR count). The van der Waals surface area contributed by atoms with Gasteiger partial charge in [0, 0.05) is 29.9 Å². The molecule has 140 valence electrons. The van der Waals surface area contributed by atoms with E-state index in [0.29, 0.717) is 13.0 Å². The first kappa shape index (κ1) is 17.0. The molecule has 3 aromatic rings. The van der Waals surface area contributed by atoms with Gasteiger partial charge in [-0.1, -0.05) is 60.7 Å². The SMILES string of the molecule is Cc1nn(Cc2ccccc2)c2c1[C@@H](c1ccccc1)C1=C(CCCC1=O)O2. The normalized spacial score (nSPS) is 18.5. The topological polar surface area (TPSA) is 44.1 Å². The maximum atomic E-state index is 12.9. The fraction of sp³-hybridized carbons (Fsp3) is 0.250. The number of benzene rings is 2. The molecule has 4 heteroatoms. The Bertz CT molecular complexity index is 1060. The minimum atomic E-state index is -0.0997. The summed E-state index contributed by atoms with van der Waals surface area (Å²) in [6, 6.07) is 20.5. The van der Waals surface area contributed by atoms with Crippen LogP contribution in [0.15, 0.2) is 72.0 Å². The number of hydrogen-bond donors (Lipinski definition) is 0. The minimum absolute atomic E-state index is 0.0997. The van der Waals surface area contributed by atoms with Crippen LogP contribution >= 0.6 is 0 Å². The monoisotopic (exact) mass is 370 g/mol. The first-order valence-corrected chi connectivity index (χ1v) is 9.82. The maximum Gasteiger partial charge on any atom is 0.222 e. The van der Waals surface area contributed by atoms with Gasteiger partial charge in [0.2, 0.25) is 5.88 Å². The molecule has 1 aromatic heterocycles. The average Bonchev–Trinajstić information content (AvgIpc) is 3.03. The summed E-state index contributed by atoms with van der Waals surface area (Å²) < 4.78 is 8.28. The van der Waals surface area contributed by atoms with Gasteiger partial charge in [0.25, 0.3) is 0 Å². The molecule has 1 aliphatic carbocycles. The van der Waals surface area contributed by atoms with Crippen LogP contribution in [-0.2, 0) is 11.3 Å².